The first-order valence-electron chi connectivity index (χ1n) is 7.69. The molecule has 0 saturated heterocycles. The smallest absolute Gasteiger partial charge is 0.0294 e. The van der Waals surface area contributed by atoms with E-state index in [1.807, 2.05) is 11.8 Å². The normalized spacial score (nSPS) is 19.7. The second kappa shape index (κ2) is 7.96. The fourth-order valence-corrected chi connectivity index (χ4v) is 3.37. The molecule has 2 heteroatoms. The summed E-state index contributed by atoms with van der Waals surface area (Å²) in [5.74, 6) is 0. The van der Waals surface area contributed by atoms with Gasteiger partial charge in [-0.3, -0.25) is 0 Å². The van der Waals surface area contributed by atoms with Crippen LogP contribution in [0.15, 0.2) is 29.2 Å². The molecule has 0 amide bonds. The second-order valence-electron chi connectivity index (χ2n) is 5.70. The number of hydrogen-bond donors (Lipinski definition) is 1. The maximum Gasteiger partial charge on any atom is 0.0294 e. The zero-order valence-electron chi connectivity index (χ0n) is 12.3. The maximum absolute atomic E-state index is 3.83. The van der Waals surface area contributed by atoms with Crippen LogP contribution in [0.5, 0.6) is 0 Å². The fraction of sp³-hybridized carbons (Fsp3) is 0.647. The second-order valence-corrected chi connectivity index (χ2v) is 6.58. The molecule has 2 rings (SSSR count). The lowest BCUT2D eigenvalue weighted by Crippen LogP contribution is -2.32. The summed E-state index contributed by atoms with van der Waals surface area (Å²) < 4.78 is 0. The summed E-state index contributed by atoms with van der Waals surface area (Å²) in [6, 6.07) is 10.2. The molecule has 1 fully saturated rings. The molecule has 0 aromatic heterocycles. The molecule has 106 valence electrons. The Bertz CT molecular complexity index is 352. The third kappa shape index (κ3) is 4.85. The first-order valence-corrected chi connectivity index (χ1v) is 8.92. The molecule has 0 radical (unpaired) electrons. The average Bonchev–Trinajstić information content (AvgIpc) is 2.41. The van der Waals surface area contributed by atoms with Crippen molar-refractivity contribution >= 4 is 11.8 Å². The van der Waals surface area contributed by atoms with Gasteiger partial charge in [0.2, 0.25) is 0 Å². The molecule has 1 N–H and O–H groups in total. The Labute approximate surface area is 122 Å². The first kappa shape index (κ1) is 14.9. The molecule has 1 aliphatic carbocycles. The fourth-order valence-electron chi connectivity index (χ4n) is 2.97. The highest BCUT2D eigenvalue weighted by Crippen LogP contribution is 2.22. The van der Waals surface area contributed by atoms with Crippen molar-refractivity contribution in [2.24, 2.45) is 0 Å². The van der Waals surface area contributed by atoms with Gasteiger partial charge in [0.1, 0.15) is 0 Å². The van der Waals surface area contributed by atoms with E-state index < -0.39 is 0 Å². The number of rotatable bonds is 4. The lowest BCUT2D eigenvalue weighted by Gasteiger charge is -2.25. The third-order valence-corrected chi connectivity index (χ3v) is 4.95. The highest BCUT2D eigenvalue weighted by Gasteiger charge is 2.14. The van der Waals surface area contributed by atoms with Gasteiger partial charge >= 0.3 is 0 Å². The predicted molar refractivity (Wildman–Crippen MR) is 85.9 cm³/mol. The number of hydrogen-bond acceptors (Lipinski definition) is 2. The van der Waals surface area contributed by atoms with Crippen LogP contribution in [0.2, 0.25) is 0 Å². The molecule has 0 aliphatic heterocycles. The Morgan fingerprint density at radius 1 is 1.00 bits per heavy atom. The molecule has 1 unspecified atom stereocenters. The largest absolute Gasteiger partial charge is 0.307 e. The van der Waals surface area contributed by atoms with Crippen molar-refractivity contribution in [1.29, 1.82) is 0 Å². The van der Waals surface area contributed by atoms with E-state index >= 15 is 0 Å². The summed E-state index contributed by atoms with van der Waals surface area (Å²) in [5, 5.41) is 3.83. The summed E-state index contributed by atoms with van der Waals surface area (Å²) in [4.78, 5) is 1.35. The van der Waals surface area contributed by atoms with E-state index in [0.717, 1.165) is 6.04 Å². The molecular weight excluding hydrogens is 250 g/mol. The summed E-state index contributed by atoms with van der Waals surface area (Å²) in [7, 11) is 0. The molecule has 1 nitrogen and oxygen atoms in total. The highest BCUT2D eigenvalue weighted by atomic mass is 32.2. The van der Waals surface area contributed by atoms with Crippen LogP contribution in [0.3, 0.4) is 0 Å². The van der Waals surface area contributed by atoms with Gasteiger partial charge in [0.25, 0.3) is 0 Å². The number of thioether (sulfide) groups is 1. The number of nitrogens with one attached hydrogen (secondary N) is 1. The van der Waals surface area contributed by atoms with Crippen molar-refractivity contribution in [3.8, 4) is 0 Å². The summed E-state index contributed by atoms with van der Waals surface area (Å²) in [5.41, 5.74) is 1.42. The van der Waals surface area contributed by atoms with Crippen LogP contribution in [0, 0.1) is 0 Å². The van der Waals surface area contributed by atoms with E-state index in [4.69, 9.17) is 0 Å². The molecule has 1 aromatic carbocycles. The van der Waals surface area contributed by atoms with Gasteiger partial charge in [-0.1, -0.05) is 44.2 Å². The third-order valence-electron chi connectivity index (χ3n) is 4.21. The topological polar surface area (TPSA) is 12.0 Å². The molecular formula is C17H27NS. The maximum atomic E-state index is 3.83. The van der Waals surface area contributed by atoms with Gasteiger partial charge in [0.15, 0.2) is 0 Å². The van der Waals surface area contributed by atoms with E-state index in [0.29, 0.717) is 6.04 Å². The van der Waals surface area contributed by atoms with Gasteiger partial charge < -0.3 is 5.32 Å². The lowest BCUT2D eigenvalue weighted by molar-refractivity contribution is 0.362. The van der Waals surface area contributed by atoms with Crippen LogP contribution in [0.4, 0.5) is 0 Å². The average molecular weight is 277 g/mol. The van der Waals surface area contributed by atoms with E-state index in [1.165, 1.54) is 55.4 Å². The Hall–Kier alpha value is -0.470. The van der Waals surface area contributed by atoms with Crippen molar-refractivity contribution in [3.63, 3.8) is 0 Å². The van der Waals surface area contributed by atoms with Crippen molar-refractivity contribution in [1.82, 2.24) is 5.32 Å². The van der Waals surface area contributed by atoms with Gasteiger partial charge in [-0.25, -0.2) is 0 Å². The summed E-state index contributed by atoms with van der Waals surface area (Å²) in [6.45, 7) is 2.30. The van der Waals surface area contributed by atoms with Crippen molar-refractivity contribution in [2.45, 2.75) is 68.8 Å². The summed E-state index contributed by atoms with van der Waals surface area (Å²) in [6.07, 6.45) is 11.9. The zero-order valence-corrected chi connectivity index (χ0v) is 13.1. The molecule has 1 atom stereocenters. The van der Waals surface area contributed by atoms with Crippen LogP contribution in [0.1, 0.15) is 63.5 Å². The summed E-state index contributed by atoms with van der Waals surface area (Å²) >= 11 is 1.81. The molecule has 0 bridgehead atoms. The Morgan fingerprint density at radius 3 is 2.16 bits per heavy atom. The van der Waals surface area contributed by atoms with Crippen LogP contribution in [-0.4, -0.2) is 12.3 Å². The van der Waals surface area contributed by atoms with Gasteiger partial charge in [0.05, 0.1) is 0 Å². The first-order chi connectivity index (χ1) is 9.29. The van der Waals surface area contributed by atoms with Crippen LogP contribution >= 0.6 is 11.8 Å². The van der Waals surface area contributed by atoms with E-state index in [-0.39, 0.29) is 0 Å². The quantitative estimate of drug-likeness (QED) is 0.762. The monoisotopic (exact) mass is 277 g/mol. The van der Waals surface area contributed by atoms with Crippen molar-refractivity contribution in [3.05, 3.63) is 29.8 Å². The Morgan fingerprint density at radius 2 is 1.58 bits per heavy atom. The molecule has 1 saturated carbocycles. The highest BCUT2D eigenvalue weighted by molar-refractivity contribution is 7.98. The van der Waals surface area contributed by atoms with E-state index in [9.17, 15) is 0 Å². The Kier molecular flexibility index (Phi) is 6.25. The molecule has 0 spiro atoms. The minimum absolute atomic E-state index is 0.473. The predicted octanol–water partition coefficient (Wildman–Crippen LogP) is 5.17. The van der Waals surface area contributed by atoms with Gasteiger partial charge in [-0.15, -0.1) is 11.8 Å². The SMILES string of the molecule is CSc1ccc(C(C)NC2CCCCCCC2)cc1. The van der Waals surface area contributed by atoms with Gasteiger partial charge in [-0.2, -0.15) is 0 Å². The molecule has 1 aromatic rings. The minimum Gasteiger partial charge on any atom is -0.307 e. The molecule has 19 heavy (non-hydrogen) atoms. The van der Waals surface area contributed by atoms with Crippen molar-refractivity contribution < 1.29 is 0 Å². The van der Waals surface area contributed by atoms with E-state index in [2.05, 4.69) is 42.8 Å². The van der Waals surface area contributed by atoms with E-state index in [1.54, 1.807) is 0 Å². The van der Waals surface area contributed by atoms with Gasteiger partial charge in [0, 0.05) is 17.0 Å². The zero-order chi connectivity index (χ0) is 13.5. The minimum atomic E-state index is 0.473. The van der Waals surface area contributed by atoms with Crippen molar-refractivity contribution in [2.75, 3.05) is 6.26 Å². The molecule has 1 aliphatic rings. The Balaban J connectivity index is 1.88. The van der Waals surface area contributed by atoms with Crippen LogP contribution in [-0.2, 0) is 0 Å². The molecule has 0 heterocycles. The lowest BCUT2D eigenvalue weighted by atomic mass is 9.95. The number of benzene rings is 1. The standard InChI is InChI=1S/C17H27NS/c1-14(15-10-12-17(19-2)13-11-15)18-16-8-6-4-3-5-7-9-16/h10-14,16,18H,3-9H2,1-2H3. The van der Waals surface area contributed by atoms with Gasteiger partial charge in [-0.05, 0) is 43.7 Å². The van der Waals surface area contributed by atoms with Crippen LogP contribution < -0.4 is 5.32 Å². The van der Waals surface area contributed by atoms with Crippen LogP contribution in [0.25, 0.3) is 0 Å².